The van der Waals surface area contributed by atoms with Crippen LogP contribution in [0.25, 0.3) is 6.08 Å². The molecule has 2 rings (SSSR count). The van der Waals surface area contributed by atoms with Crippen LogP contribution >= 0.6 is 0 Å². The van der Waals surface area contributed by atoms with Crippen molar-refractivity contribution in [1.29, 1.82) is 0 Å². The highest BCUT2D eigenvalue weighted by molar-refractivity contribution is 7.89. The lowest BCUT2D eigenvalue weighted by Crippen LogP contribution is -2.29. The highest BCUT2D eigenvalue weighted by Crippen LogP contribution is 2.28. The van der Waals surface area contributed by atoms with E-state index in [2.05, 4.69) is 4.98 Å². The molecule has 0 spiro atoms. The number of sulfonamides is 1. The molecule has 1 aromatic heterocycles. The Labute approximate surface area is 124 Å². The predicted octanol–water partition coefficient (Wildman–Crippen LogP) is 1.46. The molecule has 1 aliphatic rings. The minimum atomic E-state index is -3.58. The van der Waals surface area contributed by atoms with Crippen molar-refractivity contribution in [2.75, 3.05) is 13.1 Å². The molecule has 1 aromatic rings. The van der Waals surface area contributed by atoms with Gasteiger partial charge in [0.25, 0.3) is 0 Å². The van der Waals surface area contributed by atoms with Crippen LogP contribution < -0.4 is 0 Å². The van der Waals surface area contributed by atoms with Gasteiger partial charge in [0.1, 0.15) is 4.90 Å². The topological polar surface area (TPSA) is 87.6 Å². The van der Waals surface area contributed by atoms with Gasteiger partial charge in [0.2, 0.25) is 10.0 Å². The lowest BCUT2D eigenvalue weighted by atomic mass is 10.0. The van der Waals surface area contributed by atoms with Gasteiger partial charge in [-0.3, -0.25) is 4.98 Å². The first kappa shape index (κ1) is 15.7. The highest BCUT2D eigenvalue weighted by Gasteiger charge is 2.35. The number of nitrogens with zero attached hydrogens (tertiary/aromatic N) is 2. The molecule has 1 N–H and O–H groups in total. The average Bonchev–Trinajstić information content (AvgIpc) is 2.77. The van der Waals surface area contributed by atoms with Crippen molar-refractivity contribution >= 4 is 22.1 Å². The Hall–Kier alpha value is -1.73. The largest absolute Gasteiger partial charge is 0.478 e. The van der Waals surface area contributed by atoms with Gasteiger partial charge in [-0.15, -0.1) is 0 Å². The first-order chi connectivity index (χ1) is 9.80. The monoisotopic (exact) mass is 310 g/mol. The number of carbonyl (C=O) groups is 1. The second-order valence-electron chi connectivity index (χ2n) is 5.40. The normalized spacial score (nSPS) is 23.7. The number of hydrogen-bond donors (Lipinski definition) is 1. The molecule has 0 amide bonds. The van der Waals surface area contributed by atoms with Crippen molar-refractivity contribution < 1.29 is 18.3 Å². The molecule has 0 bridgehead atoms. The highest BCUT2D eigenvalue weighted by atomic mass is 32.2. The molecule has 6 nitrogen and oxygen atoms in total. The maximum absolute atomic E-state index is 12.6. The zero-order valence-electron chi connectivity index (χ0n) is 11.9. The van der Waals surface area contributed by atoms with Crippen LogP contribution in [0.2, 0.25) is 0 Å². The van der Waals surface area contributed by atoms with Crippen molar-refractivity contribution in [3.05, 3.63) is 30.1 Å². The fraction of sp³-hybridized carbons (Fsp3) is 0.429. The summed E-state index contributed by atoms with van der Waals surface area (Å²) in [5.41, 5.74) is 0.443. The molecule has 2 atom stereocenters. The summed E-state index contributed by atoms with van der Waals surface area (Å²) in [5.74, 6) is -0.448. The molecule has 114 valence electrons. The quantitative estimate of drug-likeness (QED) is 0.851. The molecule has 2 heterocycles. The van der Waals surface area contributed by atoms with Crippen LogP contribution in [-0.2, 0) is 14.8 Å². The fourth-order valence-electron chi connectivity index (χ4n) is 2.26. The molecule has 0 radical (unpaired) electrons. The number of aromatic nitrogens is 1. The molecular weight excluding hydrogens is 292 g/mol. The van der Waals surface area contributed by atoms with Crippen LogP contribution in [0.1, 0.15) is 19.4 Å². The molecule has 0 saturated carbocycles. The Kier molecular flexibility index (Phi) is 4.43. The van der Waals surface area contributed by atoms with Gasteiger partial charge in [0.05, 0.1) is 0 Å². The van der Waals surface area contributed by atoms with Crippen molar-refractivity contribution in [2.45, 2.75) is 18.7 Å². The number of carboxylic acid groups (broad SMARTS) is 1. The summed E-state index contributed by atoms with van der Waals surface area (Å²) in [6, 6.07) is 1.44. The minimum absolute atomic E-state index is 0.0938. The summed E-state index contributed by atoms with van der Waals surface area (Å²) in [6.07, 6.45) is 4.99. The molecule has 0 aromatic carbocycles. The fourth-order valence-corrected chi connectivity index (χ4v) is 3.90. The van der Waals surface area contributed by atoms with Gasteiger partial charge >= 0.3 is 5.97 Å². The third-order valence-corrected chi connectivity index (χ3v) is 5.54. The molecule has 1 aliphatic heterocycles. The van der Waals surface area contributed by atoms with Crippen molar-refractivity contribution in [3.8, 4) is 0 Å². The average molecular weight is 310 g/mol. The SMILES string of the molecule is CC1CN(S(=O)(=O)c2cncc(C=CC(=O)O)c2)CC1C. The van der Waals surface area contributed by atoms with Crippen LogP contribution in [0.4, 0.5) is 0 Å². The van der Waals surface area contributed by atoms with Gasteiger partial charge in [-0.2, -0.15) is 4.31 Å². The first-order valence-corrected chi connectivity index (χ1v) is 8.11. The predicted molar refractivity (Wildman–Crippen MR) is 78.0 cm³/mol. The third kappa shape index (κ3) is 3.48. The van der Waals surface area contributed by atoms with E-state index in [-0.39, 0.29) is 4.90 Å². The first-order valence-electron chi connectivity index (χ1n) is 6.67. The minimum Gasteiger partial charge on any atom is -0.478 e. The number of rotatable bonds is 4. The summed E-state index contributed by atoms with van der Waals surface area (Å²) in [6.45, 7) is 5.06. The Morgan fingerprint density at radius 3 is 2.52 bits per heavy atom. The van der Waals surface area contributed by atoms with Crippen LogP contribution in [0.15, 0.2) is 29.4 Å². The number of hydrogen-bond acceptors (Lipinski definition) is 4. The maximum atomic E-state index is 12.6. The van der Waals surface area contributed by atoms with E-state index < -0.39 is 16.0 Å². The van der Waals surface area contributed by atoms with Crippen molar-refractivity contribution in [1.82, 2.24) is 9.29 Å². The van der Waals surface area contributed by atoms with Crippen LogP contribution in [0, 0.1) is 11.8 Å². The Bertz CT molecular complexity index is 659. The zero-order chi connectivity index (χ0) is 15.6. The van der Waals surface area contributed by atoms with E-state index in [0.717, 1.165) is 6.08 Å². The molecular formula is C14H18N2O4S. The molecule has 0 aliphatic carbocycles. The summed E-state index contributed by atoms with van der Waals surface area (Å²) in [7, 11) is -3.58. The summed E-state index contributed by atoms with van der Waals surface area (Å²) in [4.78, 5) is 14.5. The van der Waals surface area contributed by atoms with E-state index in [1.54, 1.807) is 0 Å². The lowest BCUT2D eigenvalue weighted by molar-refractivity contribution is -0.131. The van der Waals surface area contributed by atoms with Crippen LogP contribution in [0.5, 0.6) is 0 Å². The van der Waals surface area contributed by atoms with Crippen LogP contribution in [-0.4, -0.2) is 41.9 Å². The molecule has 2 unspecified atom stereocenters. The number of aliphatic carboxylic acids is 1. The summed E-state index contributed by atoms with van der Waals surface area (Å²) < 4.78 is 26.6. The molecule has 7 heteroatoms. The summed E-state index contributed by atoms with van der Waals surface area (Å²) in [5, 5.41) is 8.60. The Balaban J connectivity index is 2.29. The van der Waals surface area contributed by atoms with Gasteiger partial charge in [-0.1, -0.05) is 13.8 Å². The Morgan fingerprint density at radius 1 is 1.33 bits per heavy atom. The van der Waals surface area contributed by atoms with Crippen molar-refractivity contribution in [3.63, 3.8) is 0 Å². The second kappa shape index (κ2) is 5.95. The number of pyridine rings is 1. The standard InChI is InChI=1S/C14H18N2O4S/c1-10-8-16(9-11(10)2)21(19,20)13-5-12(6-15-7-13)3-4-14(17)18/h3-7,10-11H,8-9H2,1-2H3,(H,17,18). The molecule has 1 saturated heterocycles. The van der Waals surface area contributed by atoms with Gasteiger partial charge in [0, 0.05) is 31.6 Å². The summed E-state index contributed by atoms with van der Waals surface area (Å²) >= 11 is 0. The van der Waals surface area contributed by atoms with E-state index in [9.17, 15) is 13.2 Å². The van der Waals surface area contributed by atoms with Gasteiger partial charge < -0.3 is 5.11 Å². The van der Waals surface area contributed by atoms with E-state index in [1.165, 1.54) is 28.8 Å². The van der Waals surface area contributed by atoms with Crippen LogP contribution in [0.3, 0.4) is 0 Å². The van der Waals surface area contributed by atoms with E-state index in [1.807, 2.05) is 13.8 Å². The van der Waals surface area contributed by atoms with Gasteiger partial charge in [-0.25, -0.2) is 13.2 Å². The molecule has 21 heavy (non-hydrogen) atoms. The smallest absolute Gasteiger partial charge is 0.328 e. The van der Waals surface area contributed by atoms with Gasteiger partial charge in [0.15, 0.2) is 0 Å². The lowest BCUT2D eigenvalue weighted by Gasteiger charge is -2.16. The zero-order valence-corrected chi connectivity index (χ0v) is 12.7. The van der Waals surface area contributed by atoms with Crippen molar-refractivity contribution in [2.24, 2.45) is 11.8 Å². The Morgan fingerprint density at radius 2 is 1.95 bits per heavy atom. The maximum Gasteiger partial charge on any atom is 0.328 e. The number of carboxylic acids is 1. The van der Waals surface area contributed by atoms with E-state index >= 15 is 0 Å². The van der Waals surface area contributed by atoms with Gasteiger partial charge in [-0.05, 0) is 29.5 Å². The molecule has 1 fully saturated rings. The van der Waals surface area contributed by atoms with E-state index in [0.29, 0.717) is 30.5 Å². The van der Waals surface area contributed by atoms with E-state index in [4.69, 9.17) is 5.11 Å². The third-order valence-electron chi connectivity index (χ3n) is 3.75. The second-order valence-corrected chi connectivity index (χ2v) is 7.34.